The van der Waals surface area contributed by atoms with E-state index < -0.39 is 0 Å². The molecule has 154 valence electrons. The number of halogens is 1. The second kappa shape index (κ2) is 7.52. The maximum absolute atomic E-state index is 13.5. The van der Waals surface area contributed by atoms with E-state index in [0.717, 1.165) is 6.42 Å². The Balaban J connectivity index is 1.55. The molecule has 1 N–H and O–H groups in total. The summed E-state index contributed by atoms with van der Waals surface area (Å²) < 4.78 is 14.8. The number of rotatable bonds is 4. The molecule has 0 bridgehead atoms. The predicted octanol–water partition coefficient (Wildman–Crippen LogP) is 5.03. The van der Waals surface area contributed by atoms with E-state index in [1.165, 1.54) is 34.3 Å². The van der Waals surface area contributed by atoms with E-state index in [1.807, 2.05) is 0 Å². The Bertz CT molecular complexity index is 1290. The zero-order chi connectivity index (χ0) is 21.5. The van der Waals surface area contributed by atoms with E-state index in [0.29, 0.717) is 21.9 Å². The maximum Gasteiger partial charge on any atom is 0.298 e. The third-order valence-electron chi connectivity index (χ3n) is 5.27. The van der Waals surface area contributed by atoms with Crippen molar-refractivity contribution in [2.24, 2.45) is 11.0 Å². The molecule has 0 aliphatic carbocycles. The minimum Gasteiger partial charge on any atom is -0.349 e. The molecule has 0 saturated heterocycles. The molecule has 1 atom stereocenters. The van der Waals surface area contributed by atoms with Gasteiger partial charge >= 0.3 is 0 Å². The molecule has 5 nitrogen and oxygen atoms in total. The van der Waals surface area contributed by atoms with E-state index in [4.69, 9.17) is 0 Å². The summed E-state index contributed by atoms with van der Waals surface area (Å²) in [5.41, 5.74) is 3.79. The summed E-state index contributed by atoms with van der Waals surface area (Å²) in [6.45, 7) is 8.65. The molecule has 0 amide bonds. The van der Waals surface area contributed by atoms with Gasteiger partial charge < -0.3 is 4.98 Å². The predicted molar refractivity (Wildman–Crippen MR) is 120 cm³/mol. The molecule has 0 spiro atoms. The van der Waals surface area contributed by atoms with Crippen LogP contribution in [0.1, 0.15) is 38.8 Å². The Morgan fingerprint density at radius 3 is 2.63 bits per heavy atom. The van der Waals surface area contributed by atoms with Gasteiger partial charge in [-0.1, -0.05) is 52.0 Å². The van der Waals surface area contributed by atoms with Crippen molar-refractivity contribution >= 4 is 28.2 Å². The van der Waals surface area contributed by atoms with Crippen molar-refractivity contribution in [3.8, 4) is 0 Å². The summed E-state index contributed by atoms with van der Waals surface area (Å²) >= 11 is 0. The molecular weight excluding hydrogens is 379 g/mol. The fraction of sp³-hybridized carbons (Fsp3) is 0.292. The first-order valence-electron chi connectivity index (χ1n) is 10.0. The quantitative estimate of drug-likeness (QED) is 0.485. The first kappa shape index (κ1) is 20.0. The van der Waals surface area contributed by atoms with Crippen molar-refractivity contribution in [1.29, 1.82) is 0 Å². The SMILES string of the molecule is CC(C=Nn1cnc2c([nH]c3ccc(F)cc32)c1=O)Cc1ccc(C(C)(C)C)cc1. The zero-order valence-corrected chi connectivity index (χ0v) is 17.6. The fourth-order valence-corrected chi connectivity index (χ4v) is 3.55. The van der Waals surface area contributed by atoms with Crippen LogP contribution < -0.4 is 5.56 Å². The molecule has 30 heavy (non-hydrogen) atoms. The molecule has 0 aliphatic heterocycles. The van der Waals surface area contributed by atoms with Crippen LogP contribution in [-0.2, 0) is 11.8 Å². The van der Waals surface area contributed by atoms with Gasteiger partial charge in [-0.2, -0.15) is 9.78 Å². The minimum atomic E-state index is -0.364. The summed E-state index contributed by atoms with van der Waals surface area (Å²) in [6, 6.07) is 13.0. The highest BCUT2D eigenvalue weighted by Gasteiger charge is 2.14. The van der Waals surface area contributed by atoms with Gasteiger partial charge in [0.1, 0.15) is 23.2 Å². The molecule has 4 aromatic rings. The Hall–Kier alpha value is -3.28. The van der Waals surface area contributed by atoms with Crippen LogP contribution in [0.25, 0.3) is 21.9 Å². The molecular formula is C24H25FN4O. The van der Waals surface area contributed by atoms with Gasteiger partial charge in [0.25, 0.3) is 5.56 Å². The molecule has 0 saturated carbocycles. The molecule has 4 rings (SSSR count). The number of benzene rings is 2. The van der Waals surface area contributed by atoms with Crippen LogP contribution >= 0.6 is 0 Å². The highest BCUT2D eigenvalue weighted by molar-refractivity contribution is 6.04. The number of hydrogen-bond donors (Lipinski definition) is 1. The minimum absolute atomic E-state index is 0.132. The molecule has 0 fully saturated rings. The third-order valence-corrected chi connectivity index (χ3v) is 5.27. The lowest BCUT2D eigenvalue weighted by Gasteiger charge is -2.19. The summed E-state index contributed by atoms with van der Waals surface area (Å²) in [6.07, 6.45) is 3.96. The van der Waals surface area contributed by atoms with Crippen molar-refractivity contribution < 1.29 is 4.39 Å². The number of nitrogens with zero attached hydrogens (tertiary/aromatic N) is 3. The van der Waals surface area contributed by atoms with E-state index in [1.54, 1.807) is 12.3 Å². The van der Waals surface area contributed by atoms with Gasteiger partial charge in [-0.3, -0.25) is 4.79 Å². The average molecular weight is 404 g/mol. The second-order valence-electron chi connectivity index (χ2n) is 8.83. The van der Waals surface area contributed by atoms with Crippen molar-refractivity contribution in [2.45, 2.75) is 39.5 Å². The standard InChI is InChI=1S/C24H25FN4O/c1-15(11-16-5-7-17(8-6-16)24(2,3)4)13-27-29-14-26-21-19-12-18(25)9-10-20(19)28-22(21)23(29)30/h5-10,12-15,28H,11H2,1-4H3. The summed E-state index contributed by atoms with van der Waals surface area (Å²) in [7, 11) is 0. The van der Waals surface area contributed by atoms with Crippen molar-refractivity contribution in [3.05, 3.63) is 76.1 Å². The van der Waals surface area contributed by atoms with Crippen LogP contribution in [0.15, 0.2) is 58.7 Å². The average Bonchev–Trinajstić information content (AvgIpc) is 3.06. The number of H-pyrrole nitrogens is 1. The summed E-state index contributed by atoms with van der Waals surface area (Å²) in [4.78, 5) is 20.1. The maximum atomic E-state index is 13.5. The highest BCUT2D eigenvalue weighted by atomic mass is 19.1. The van der Waals surface area contributed by atoms with Crippen molar-refractivity contribution in [3.63, 3.8) is 0 Å². The molecule has 0 radical (unpaired) electrons. The lowest BCUT2D eigenvalue weighted by atomic mass is 9.86. The number of fused-ring (bicyclic) bond motifs is 3. The van der Waals surface area contributed by atoms with Crippen LogP contribution in [0.4, 0.5) is 4.39 Å². The first-order valence-corrected chi connectivity index (χ1v) is 10.0. The smallest absolute Gasteiger partial charge is 0.298 e. The first-order chi connectivity index (χ1) is 14.2. The van der Waals surface area contributed by atoms with E-state index in [-0.39, 0.29) is 22.7 Å². The largest absolute Gasteiger partial charge is 0.349 e. The topological polar surface area (TPSA) is 63.0 Å². The third kappa shape index (κ3) is 3.90. The molecule has 2 heterocycles. The zero-order valence-electron chi connectivity index (χ0n) is 17.6. The van der Waals surface area contributed by atoms with Gasteiger partial charge in [0.05, 0.1) is 0 Å². The summed E-state index contributed by atoms with van der Waals surface area (Å²) in [5, 5.41) is 4.91. The molecule has 6 heteroatoms. The van der Waals surface area contributed by atoms with Gasteiger partial charge in [0.15, 0.2) is 0 Å². The second-order valence-corrected chi connectivity index (χ2v) is 8.83. The van der Waals surface area contributed by atoms with Gasteiger partial charge in [0, 0.05) is 17.1 Å². The van der Waals surface area contributed by atoms with Gasteiger partial charge in [-0.05, 0) is 47.1 Å². The number of aromatic nitrogens is 3. The van der Waals surface area contributed by atoms with Crippen LogP contribution in [0.2, 0.25) is 0 Å². The summed E-state index contributed by atoms with van der Waals surface area (Å²) in [5.74, 6) is -0.221. The monoisotopic (exact) mass is 404 g/mol. The van der Waals surface area contributed by atoms with Crippen LogP contribution in [0.3, 0.4) is 0 Å². The lowest BCUT2D eigenvalue weighted by molar-refractivity contribution is 0.589. The van der Waals surface area contributed by atoms with Crippen LogP contribution in [-0.4, -0.2) is 20.9 Å². The van der Waals surface area contributed by atoms with Crippen molar-refractivity contribution in [1.82, 2.24) is 14.6 Å². The van der Waals surface area contributed by atoms with E-state index in [2.05, 4.69) is 67.0 Å². The number of aromatic amines is 1. The van der Waals surface area contributed by atoms with Crippen molar-refractivity contribution in [2.75, 3.05) is 0 Å². The molecule has 2 aromatic heterocycles. The highest BCUT2D eigenvalue weighted by Crippen LogP contribution is 2.23. The Morgan fingerprint density at radius 2 is 1.93 bits per heavy atom. The van der Waals surface area contributed by atoms with Gasteiger partial charge in [-0.25, -0.2) is 9.37 Å². The van der Waals surface area contributed by atoms with E-state index in [9.17, 15) is 9.18 Å². The Morgan fingerprint density at radius 1 is 1.20 bits per heavy atom. The number of hydrogen-bond acceptors (Lipinski definition) is 3. The van der Waals surface area contributed by atoms with Gasteiger partial charge in [-0.15, -0.1) is 0 Å². The van der Waals surface area contributed by atoms with Crippen LogP contribution in [0.5, 0.6) is 0 Å². The number of nitrogens with one attached hydrogen (secondary N) is 1. The fourth-order valence-electron chi connectivity index (χ4n) is 3.55. The van der Waals surface area contributed by atoms with E-state index >= 15 is 0 Å². The molecule has 1 unspecified atom stereocenters. The normalized spacial score (nSPS) is 13.5. The Kier molecular flexibility index (Phi) is 5.02. The van der Waals surface area contributed by atoms with Crippen LogP contribution in [0, 0.1) is 11.7 Å². The Labute approximate surface area is 174 Å². The molecule has 0 aliphatic rings. The van der Waals surface area contributed by atoms with Gasteiger partial charge in [0.2, 0.25) is 0 Å². The lowest BCUT2D eigenvalue weighted by Crippen LogP contribution is -2.18. The molecule has 2 aromatic carbocycles.